The quantitative estimate of drug-likeness (QED) is 0.339. The summed E-state index contributed by atoms with van der Waals surface area (Å²) in [5, 5.41) is 4.31. The summed E-state index contributed by atoms with van der Waals surface area (Å²) in [6.45, 7) is 14.9. The Morgan fingerprint density at radius 2 is 1.27 bits per heavy atom. The summed E-state index contributed by atoms with van der Waals surface area (Å²) in [5.41, 5.74) is -0.810. The third kappa shape index (κ3) is 9.01. The zero-order valence-corrected chi connectivity index (χ0v) is 30.4. The van der Waals surface area contributed by atoms with Crippen LogP contribution in [0, 0.1) is 0 Å². The maximum Gasteiger partial charge on any atom is 0.410 e. The minimum atomic E-state index is -0.430. The summed E-state index contributed by atoms with van der Waals surface area (Å²) in [6, 6.07) is 1.24. The Morgan fingerprint density at radius 1 is 0.805 bits per heavy atom. The van der Waals surface area contributed by atoms with Crippen LogP contribution < -0.4 is 10.2 Å². The van der Waals surface area contributed by atoms with E-state index in [4.69, 9.17) is 9.47 Å². The first-order chi connectivity index (χ1) is 19.1. The molecule has 0 radical (unpaired) electrons. The van der Waals surface area contributed by atoms with Crippen molar-refractivity contribution in [3.05, 3.63) is 23.9 Å². The zero-order valence-electron chi connectivity index (χ0n) is 24.0. The van der Waals surface area contributed by atoms with Gasteiger partial charge in [-0.1, -0.05) is 11.3 Å². The number of piperidine rings is 2. The van der Waals surface area contributed by atoms with E-state index in [9.17, 15) is 9.59 Å². The molecule has 8 rings (SSSR count). The predicted octanol–water partition coefficient (Wildman–Crippen LogP) is 6.74. The van der Waals surface area contributed by atoms with Crippen LogP contribution in [-0.2, 0) is 9.47 Å². The van der Waals surface area contributed by atoms with Crippen LogP contribution in [-0.4, -0.2) is 93.5 Å². The summed E-state index contributed by atoms with van der Waals surface area (Å²) in [4.78, 5) is 38.2. The normalized spacial score (nSPS) is 24.6. The molecule has 0 saturated carbocycles. The summed E-state index contributed by atoms with van der Waals surface area (Å²) >= 11 is 13.1. The molecule has 41 heavy (non-hydrogen) atoms. The molecular formula is C26H37Br3N6O4S2. The summed E-state index contributed by atoms with van der Waals surface area (Å²) < 4.78 is 13.8. The molecule has 0 spiro atoms. The molecule has 2 aromatic rings. The number of piperazine rings is 2. The molecule has 1 N–H and O–H groups in total. The summed E-state index contributed by atoms with van der Waals surface area (Å²) in [7, 11) is 0. The van der Waals surface area contributed by atoms with Gasteiger partial charge in [-0.3, -0.25) is 9.80 Å². The Bertz CT molecular complexity index is 1170. The fraction of sp³-hybridized carbons (Fsp3) is 0.692. The van der Waals surface area contributed by atoms with Crippen LogP contribution in [0.1, 0.15) is 54.4 Å². The van der Waals surface area contributed by atoms with Crippen molar-refractivity contribution >= 4 is 87.8 Å². The second-order valence-corrected chi connectivity index (χ2v) is 18.4. The Morgan fingerprint density at radius 3 is 1.63 bits per heavy atom. The van der Waals surface area contributed by atoms with E-state index in [1.54, 1.807) is 28.9 Å². The number of fused-ring (bicyclic) bond motifs is 4. The van der Waals surface area contributed by atoms with Gasteiger partial charge in [-0.15, -0.1) is 11.3 Å². The summed E-state index contributed by atoms with van der Waals surface area (Å²) in [5.74, 6) is 0. The molecule has 4 unspecified atom stereocenters. The second kappa shape index (κ2) is 13.3. The van der Waals surface area contributed by atoms with Crippen molar-refractivity contribution < 1.29 is 19.1 Å². The van der Waals surface area contributed by atoms with Gasteiger partial charge in [0.05, 0.1) is 32.1 Å². The molecule has 10 nitrogen and oxygen atoms in total. The Labute approximate surface area is 274 Å². The average Bonchev–Trinajstić information content (AvgIpc) is 3.44. The van der Waals surface area contributed by atoms with Crippen molar-refractivity contribution in [2.75, 3.05) is 31.1 Å². The molecule has 6 aliphatic heterocycles. The number of amides is 2. The van der Waals surface area contributed by atoms with Crippen LogP contribution in [0.25, 0.3) is 0 Å². The first kappa shape index (κ1) is 32.9. The lowest BCUT2D eigenvalue weighted by atomic mass is 9.88. The molecule has 228 valence electrons. The van der Waals surface area contributed by atoms with Gasteiger partial charge in [0.2, 0.25) is 0 Å². The van der Waals surface area contributed by atoms with E-state index < -0.39 is 5.60 Å². The Kier molecular flexibility index (Phi) is 10.7. The number of carbonyl (C=O) groups excluding carboxylic acids is 2. The van der Waals surface area contributed by atoms with Gasteiger partial charge in [0.25, 0.3) is 0 Å². The van der Waals surface area contributed by atoms with Crippen molar-refractivity contribution in [2.24, 2.45) is 0 Å². The number of rotatable bonds is 1. The number of hydrogen-bond donors (Lipinski definition) is 1. The monoisotopic (exact) mass is 798 g/mol. The highest BCUT2D eigenvalue weighted by Gasteiger charge is 2.49. The van der Waals surface area contributed by atoms with Crippen molar-refractivity contribution in [3.8, 4) is 0 Å². The minimum absolute atomic E-state index is 0.153. The molecule has 4 atom stereocenters. The molecule has 2 aromatic heterocycles. The van der Waals surface area contributed by atoms with Gasteiger partial charge in [-0.05, 0) is 102 Å². The highest BCUT2D eigenvalue weighted by molar-refractivity contribution is 9.12. The van der Waals surface area contributed by atoms with Crippen molar-refractivity contribution in [3.63, 3.8) is 0 Å². The van der Waals surface area contributed by atoms with Gasteiger partial charge in [0, 0.05) is 38.3 Å². The smallest absolute Gasteiger partial charge is 0.410 e. The van der Waals surface area contributed by atoms with E-state index in [2.05, 4.69) is 68.0 Å². The number of nitrogens with zero attached hydrogens (tertiary/aromatic N) is 5. The lowest BCUT2D eigenvalue weighted by molar-refractivity contribution is -0.0440. The van der Waals surface area contributed by atoms with Gasteiger partial charge in [0.1, 0.15) is 11.2 Å². The number of thiazole rings is 2. The molecule has 8 heterocycles. The Balaban J connectivity index is 0.000000159. The van der Waals surface area contributed by atoms with E-state index in [1.165, 1.54) is 0 Å². The maximum absolute atomic E-state index is 12.2. The number of nitrogens with one attached hydrogen (secondary N) is 1. The summed E-state index contributed by atoms with van der Waals surface area (Å²) in [6.07, 6.45) is 5.45. The SMILES string of the molecule is Brc1cnc(Br)s1.CC(C)(C)OC(=O)N1C2CC1CN(c1ncc(Br)s1)C2.CC(C)(C)OC(=O)N1C2CNCC1C2. The zero-order chi connectivity index (χ0) is 30.1. The highest BCUT2D eigenvalue weighted by Crippen LogP contribution is 2.37. The molecule has 6 saturated heterocycles. The number of aromatic nitrogens is 2. The molecular weight excluding hydrogens is 764 g/mol. The third-order valence-corrected chi connectivity index (χ3v) is 10.2. The first-order valence-corrected chi connectivity index (χ1v) is 17.5. The number of ether oxygens (including phenoxy) is 2. The van der Waals surface area contributed by atoms with Gasteiger partial charge < -0.3 is 19.7 Å². The average molecular weight is 801 g/mol. The van der Waals surface area contributed by atoms with Crippen LogP contribution in [0.4, 0.5) is 14.7 Å². The number of anilines is 1. The standard InChI is InChI=1S/C13H18BrN3O2S.C10H18N2O2.C3HBr2NS/c1-13(2,3)19-12(18)17-8-4-9(17)7-16(6-8)11-15-5-10(14)20-11;1-10(2,3)14-9(13)12-7-4-8(12)6-11-5-7;4-2-1-6-3(5)7-2/h5,8-9H,4,6-7H2,1-3H3;7-8,11H,4-6H2,1-3H3;1H. The number of carbonyl (C=O) groups is 2. The molecule has 4 bridgehead atoms. The molecule has 15 heteroatoms. The van der Waals surface area contributed by atoms with E-state index >= 15 is 0 Å². The maximum atomic E-state index is 12.2. The van der Waals surface area contributed by atoms with Crippen LogP contribution in [0.5, 0.6) is 0 Å². The van der Waals surface area contributed by atoms with Crippen LogP contribution in [0.15, 0.2) is 23.9 Å². The lowest BCUT2D eigenvalue weighted by Gasteiger charge is -2.55. The fourth-order valence-corrected chi connectivity index (χ4v) is 8.51. The minimum Gasteiger partial charge on any atom is -0.444 e. The molecule has 0 aromatic carbocycles. The second-order valence-electron chi connectivity index (χ2n) is 12.3. The third-order valence-electron chi connectivity index (χ3n) is 6.68. The van der Waals surface area contributed by atoms with Crippen LogP contribution in [0.3, 0.4) is 0 Å². The van der Waals surface area contributed by atoms with Crippen molar-refractivity contribution in [2.45, 2.75) is 89.8 Å². The van der Waals surface area contributed by atoms with Gasteiger partial charge in [-0.2, -0.15) is 0 Å². The van der Waals surface area contributed by atoms with Crippen molar-refractivity contribution in [1.29, 1.82) is 0 Å². The van der Waals surface area contributed by atoms with E-state index in [1.807, 2.05) is 57.5 Å². The lowest BCUT2D eigenvalue weighted by Crippen LogP contribution is -2.70. The molecule has 0 aliphatic carbocycles. The van der Waals surface area contributed by atoms with E-state index in [0.717, 1.165) is 55.6 Å². The van der Waals surface area contributed by atoms with Gasteiger partial charge in [0.15, 0.2) is 9.05 Å². The fourth-order valence-electron chi connectivity index (χ4n) is 5.10. The van der Waals surface area contributed by atoms with E-state index in [-0.39, 0.29) is 29.9 Å². The number of hydrogen-bond acceptors (Lipinski definition) is 10. The highest BCUT2D eigenvalue weighted by atomic mass is 79.9. The number of halogens is 3. The van der Waals surface area contributed by atoms with Crippen molar-refractivity contribution in [1.82, 2.24) is 25.1 Å². The topological polar surface area (TPSA) is 100 Å². The van der Waals surface area contributed by atoms with E-state index in [0.29, 0.717) is 12.1 Å². The van der Waals surface area contributed by atoms with Crippen LogP contribution >= 0.6 is 70.5 Å². The first-order valence-electron chi connectivity index (χ1n) is 13.5. The Hall–Kier alpha value is -1.00. The largest absolute Gasteiger partial charge is 0.444 e. The van der Waals surface area contributed by atoms with Gasteiger partial charge in [-0.25, -0.2) is 19.6 Å². The molecule has 2 amide bonds. The molecule has 6 fully saturated rings. The van der Waals surface area contributed by atoms with Gasteiger partial charge >= 0.3 is 12.2 Å². The predicted molar refractivity (Wildman–Crippen MR) is 173 cm³/mol. The molecule has 6 aliphatic rings. The van der Waals surface area contributed by atoms with Crippen LogP contribution in [0.2, 0.25) is 0 Å².